The molecule has 4 N–H and O–H groups in total. The van der Waals surface area contributed by atoms with E-state index in [1.54, 1.807) is 0 Å². The Hall–Kier alpha value is -1.03. The largest absolute Gasteiger partial charge is 0.396 e. The van der Waals surface area contributed by atoms with Gasteiger partial charge in [0.1, 0.15) is 0 Å². The summed E-state index contributed by atoms with van der Waals surface area (Å²) in [4.78, 5) is 3.14. The molecule has 0 bridgehead atoms. The zero-order valence-corrected chi connectivity index (χ0v) is 9.13. The van der Waals surface area contributed by atoms with Crippen molar-refractivity contribution in [3.63, 3.8) is 0 Å². The molecule has 0 aliphatic carbocycles. The average Bonchev–Trinajstić information content (AvgIpc) is 2.64. The second-order valence-corrected chi connectivity index (χ2v) is 3.44. The van der Waals surface area contributed by atoms with Gasteiger partial charge in [0, 0.05) is 24.4 Å². The van der Waals surface area contributed by atoms with E-state index in [2.05, 4.69) is 4.98 Å². The first-order valence-corrected chi connectivity index (χ1v) is 4.75. The summed E-state index contributed by atoms with van der Waals surface area (Å²) in [5.41, 5.74) is 8.05. The van der Waals surface area contributed by atoms with Gasteiger partial charge in [0.05, 0.1) is 0 Å². The van der Waals surface area contributed by atoms with Gasteiger partial charge >= 0.3 is 0 Å². The molecule has 1 aromatic carbocycles. The van der Waals surface area contributed by atoms with Crippen molar-refractivity contribution in [3.05, 3.63) is 36.0 Å². The molecule has 0 amide bonds. The lowest BCUT2D eigenvalue weighted by molar-refractivity contribution is 0.276. The molecule has 0 aliphatic rings. The third-order valence-corrected chi connectivity index (χ3v) is 2.45. The van der Waals surface area contributed by atoms with Gasteiger partial charge in [-0.05, 0) is 29.5 Å². The Balaban J connectivity index is 0.00000112. The molecule has 3 nitrogen and oxygen atoms in total. The summed E-state index contributed by atoms with van der Waals surface area (Å²) >= 11 is 0. The Labute approximate surface area is 94.7 Å². The van der Waals surface area contributed by atoms with Crippen molar-refractivity contribution in [3.8, 4) is 0 Å². The lowest BCUT2D eigenvalue weighted by Gasteiger charge is -2.09. The molecule has 0 saturated heterocycles. The van der Waals surface area contributed by atoms with E-state index in [4.69, 9.17) is 10.8 Å². The Morgan fingerprint density at radius 1 is 1.33 bits per heavy atom. The van der Waals surface area contributed by atoms with E-state index in [-0.39, 0.29) is 25.1 Å². The van der Waals surface area contributed by atoms with Crippen LogP contribution in [0.15, 0.2) is 30.5 Å². The van der Waals surface area contributed by atoms with Gasteiger partial charge in [-0.3, -0.25) is 0 Å². The van der Waals surface area contributed by atoms with Crippen LogP contribution in [0.5, 0.6) is 0 Å². The number of hydrogen-bond acceptors (Lipinski definition) is 2. The van der Waals surface area contributed by atoms with Crippen molar-refractivity contribution in [1.29, 1.82) is 0 Å². The predicted octanol–water partition coefficient (Wildman–Crippen LogP) is 1.97. The molecule has 1 heterocycles. The van der Waals surface area contributed by atoms with Crippen LogP contribution < -0.4 is 5.73 Å². The van der Waals surface area contributed by atoms with Crippen molar-refractivity contribution in [2.75, 3.05) is 6.61 Å². The minimum Gasteiger partial charge on any atom is -0.396 e. The Morgan fingerprint density at radius 2 is 2.13 bits per heavy atom. The van der Waals surface area contributed by atoms with Crippen LogP contribution in [0.25, 0.3) is 10.9 Å². The van der Waals surface area contributed by atoms with Crippen LogP contribution in [0.3, 0.4) is 0 Å². The molecule has 2 aromatic rings. The quantitative estimate of drug-likeness (QED) is 0.750. The Kier molecular flexibility index (Phi) is 4.15. The smallest absolute Gasteiger partial charge is 0.0457 e. The zero-order chi connectivity index (χ0) is 9.97. The summed E-state index contributed by atoms with van der Waals surface area (Å²) in [5.74, 6) is 0. The number of nitrogens with two attached hydrogens (primary N) is 1. The molecule has 0 fully saturated rings. The van der Waals surface area contributed by atoms with Crippen molar-refractivity contribution < 1.29 is 5.11 Å². The first kappa shape index (κ1) is 12.0. The van der Waals surface area contributed by atoms with E-state index < -0.39 is 0 Å². The van der Waals surface area contributed by atoms with E-state index in [9.17, 15) is 0 Å². The lowest BCUT2D eigenvalue weighted by atomic mass is 10.0. The standard InChI is InChI=1S/C11H14N2O.ClH/c12-10(4-6-14)9-2-1-8-3-5-13-11(8)7-9;/h1-3,5,7,10,13-14H,4,6,12H2;1H. The summed E-state index contributed by atoms with van der Waals surface area (Å²) in [6, 6.07) is 8.04. The van der Waals surface area contributed by atoms with Crippen LogP contribution in [-0.4, -0.2) is 16.7 Å². The first-order valence-electron chi connectivity index (χ1n) is 4.75. The van der Waals surface area contributed by atoms with Crippen molar-refractivity contribution in [2.45, 2.75) is 12.5 Å². The molecule has 1 unspecified atom stereocenters. The van der Waals surface area contributed by atoms with Gasteiger partial charge in [-0.2, -0.15) is 0 Å². The number of aromatic amines is 1. The van der Waals surface area contributed by atoms with E-state index >= 15 is 0 Å². The highest BCUT2D eigenvalue weighted by molar-refractivity contribution is 5.85. The summed E-state index contributed by atoms with van der Waals surface area (Å²) in [6.45, 7) is 0.129. The predicted molar refractivity (Wildman–Crippen MR) is 64.2 cm³/mol. The van der Waals surface area contributed by atoms with Crippen molar-refractivity contribution in [2.24, 2.45) is 5.73 Å². The highest BCUT2D eigenvalue weighted by Crippen LogP contribution is 2.19. The molecule has 0 saturated carbocycles. The van der Waals surface area contributed by atoms with Gasteiger partial charge in [-0.1, -0.05) is 12.1 Å². The minimum absolute atomic E-state index is 0. The van der Waals surface area contributed by atoms with Crippen LogP contribution in [0, 0.1) is 0 Å². The molecule has 4 heteroatoms. The molecule has 2 rings (SSSR count). The van der Waals surface area contributed by atoms with Gasteiger partial charge in [-0.25, -0.2) is 0 Å². The van der Waals surface area contributed by atoms with Crippen LogP contribution in [0.1, 0.15) is 18.0 Å². The number of aliphatic hydroxyl groups is 1. The fourth-order valence-corrected chi connectivity index (χ4v) is 1.60. The third-order valence-electron chi connectivity index (χ3n) is 2.45. The van der Waals surface area contributed by atoms with E-state index in [0.717, 1.165) is 11.1 Å². The maximum atomic E-state index is 8.78. The van der Waals surface area contributed by atoms with Gasteiger partial charge in [0.2, 0.25) is 0 Å². The molecule has 82 valence electrons. The molecule has 1 aromatic heterocycles. The average molecular weight is 227 g/mol. The third kappa shape index (κ3) is 2.50. The summed E-state index contributed by atoms with van der Waals surface area (Å²) < 4.78 is 0. The second kappa shape index (κ2) is 5.16. The van der Waals surface area contributed by atoms with E-state index in [1.165, 1.54) is 5.39 Å². The highest BCUT2D eigenvalue weighted by Gasteiger charge is 2.05. The molecule has 0 spiro atoms. The normalized spacial score (nSPS) is 12.4. The number of fused-ring (bicyclic) bond motifs is 1. The van der Waals surface area contributed by atoms with Crippen molar-refractivity contribution in [1.82, 2.24) is 4.98 Å². The SMILES string of the molecule is Cl.NC(CCO)c1ccc2cc[nH]c2c1. The number of nitrogens with one attached hydrogen (secondary N) is 1. The number of aromatic nitrogens is 1. The fourth-order valence-electron chi connectivity index (χ4n) is 1.60. The number of H-pyrrole nitrogens is 1. The highest BCUT2D eigenvalue weighted by atomic mass is 35.5. The number of rotatable bonds is 3. The monoisotopic (exact) mass is 226 g/mol. The summed E-state index contributed by atoms with van der Waals surface area (Å²) in [7, 11) is 0. The lowest BCUT2D eigenvalue weighted by Crippen LogP contribution is -2.11. The molecular formula is C11H15ClN2O. The molecule has 1 atom stereocenters. The Bertz CT molecular complexity index is 427. The number of halogens is 1. The maximum absolute atomic E-state index is 8.78. The first-order chi connectivity index (χ1) is 6.81. The Morgan fingerprint density at radius 3 is 2.87 bits per heavy atom. The number of aliphatic hydroxyl groups excluding tert-OH is 1. The van der Waals surface area contributed by atoms with Crippen LogP contribution in [-0.2, 0) is 0 Å². The van der Waals surface area contributed by atoms with Gasteiger partial charge in [0.25, 0.3) is 0 Å². The molecule has 0 aliphatic heterocycles. The zero-order valence-electron chi connectivity index (χ0n) is 8.31. The minimum atomic E-state index is -0.0762. The summed E-state index contributed by atoms with van der Waals surface area (Å²) in [5, 5.41) is 9.97. The van der Waals surface area contributed by atoms with Gasteiger partial charge in [0.15, 0.2) is 0 Å². The molecule has 0 radical (unpaired) electrons. The van der Waals surface area contributed by atoms with Gasteiger partial charge < -0.3 is 15.8 Å². The molecule has 15 heavy (non-hydrogen) atoms. The van der Waals surface area contributed by atoms with Crippen LogP contribution in [0.4, 0.5) is 0 Å². The van der Waals surface area contributed by atoms with Gasteiger partial charge in [-0.15, -0.1) is 12.4 Å². The molecular weight excluding hydrogens is 212 g/mol. The van der Waals surface area contributed by atoms with E-state index in [1.807, 2.05) is 30.5 Å². The van der Waals surface area contributed by atoms with Crippen LogP contribution in [0.2, 0.25) is 0 Å². The topological polar surface area (TPSA) is 62.0 Å². The number of hydrogen-bond donors (Lipinski definition) is 3. The maximum Gasteiger partial charge on any atom is 0.0457 e. The van der Waals surface area contributed by atoms with Crippen LogP contribution >= 0.6 is 12.4 Å². The van der Waals surface area contributed by atoms with E-state index in [0.29, 0.717) is 6.42 Å². The number of benzene rings is 1. The second-order valence-electron chi connectivity index (χ2n) is 3.44. The summed E-state index contributed by atoms with van der Waals surface area (Å²) in [6.07, 6.45) is 2.51. The van der Waals surface area contributed by atoms with Crippen molar-refractivity contribution >= 4 is 23.3 Å². The fraction of sp³-hybridized carbons (Fsp3) is 0.273.